The van der Waals surface area contributed by atoms with E-state index in [1.807, 2.05) is 42.5 Å². The molecule has 0 fully saturated rings. The highest BCUT2D eigenvalue weighted by Gasteiger charge is 2.08. The standard InChI is InChI=1S/C17H19NO/c1-17(2,3)18-12-11-16(19)15-10-6-8-13-7-4-5-9-14(13)15/h4-12,18H,1-3H3/b12-11+. The van der Waals surface area contributed by atoms with Crippen molar-refractivity contribution in [2.75, 3.05) is 0 Å². The number of carbonyl (C=O) groups excluding carboxylic acids is 1. The van der Waals surface area contributed by atoms with Gasteiger partial charge in [0.15, 0.2) is 5.78 Å². The Morgan fingerprint density at radius 2 is 1.74 bits per heavy atom. The van der Waals surface area contributed by atoms with Gasteiger partial charge in [0.2, 0.25) is 0 Å². The first-order valence-corrected chi connectivity index (χ1v) is 6.44. The second-order valence-corrected chi connectivity index (χ2v) is 5.62. The van der Waals surface area contributed by atoms with Crippen molar-refractivity contribution >= 4 is 16.6 Å². The number of allylic oxidation sites excluding steroid dienone is 1. The van der Waals surface area contributed by atoms with Crippen LogP contribution in [0, 0.1) is 0 Å². The van der Waals surface area contributed by atoms with E-state index in [9.17, 15) is 4.79 Å². The predicted molar refractivity (Wildman–Crippen MR) is 80.3 cm³/mol. The summed E-state index contributed by atoms with van der Waals surface area (Å²) in [7, 11) is 0. The number of ketones is 1. The predicted octanol–water partition coefficient (Wildman–Crippen LogP) is 3.92. The first kappa shape index (κ1) is 13.3. The zero-order chi connectivity index (χ0) is 13.9. The summed E-state index contributed by atoms with van der Waals surface area (Å²) in [5.74, 6) is 0.0218. The lowest BCUT2D eigenvalue weighted by Crippen LogP contribution is -2.31. The van der Waals surface area contributed by atoms with Crippen LogP contribution in [0.2, 0.25) is 0 Å². The Balaban J connectivity index is 2.27. The molecule has 2 heteroatoms. The minimum Gasteiger partial charge on any atom is -0.386 e. The van der Waals surface area contributed by atoms with Gasteiger partial charge in [0.05, 0.1) is 0 Å². The molecule has 98 valence electrons. The van der Waals surface area contributed by atoms with E-state index in [2.05, 4.69) is 26.1 Å². The van der Waals surface area contributed by atoms with E-state index in [1.165, 1.54) is 0 Å². The third kappa shape index (κ3) is 3.44. The molecule has 0 aliphatic rings. The van der Waals surface area contributed by atoms with Crippen molar-refractivity contribution in [2.45, 2.75) is 26.3 Å². The highest BCUT2D eigenvalue weighted by molar-refractivity contribution is 6.13. The third-order valence-electron chi connectivity index (χ3n) is 2.81. The molecule has 0 amide bonds. The molecule has 0 heterocycles. The average Bonchev–Trinajstić information content (AvgIpc) is 2.36. The number of hydrogen-bond donors (Lipinski definition) is 1. The van der Waals surface area contributed by atoms with E-state index in [4.69, 9.17) is 0 Å². The second-order valence-electron chi connectivity index (χ2n) is 5.62. The van der Waals surface area contributed by atoms with Crippen molar-refractivity contribution in [3.8, 4) is 0 Å². The number of hydrogen-bond acceptors (Lipinski definition) is 2. The van der Waals surface area contributed by atoms with Crippen LogP contribution in [0.4, 0.5) is 0 Å². The van der Waals surface area contributed by atoms with Crippen LogP contribution in [0.1, 0.15) is 31.1 Å². The number of rotatable bonds is 3. The molecule has 0 atom stereocenters. The minimum absolute atomic E-state index is 0.0218. The molecule has 0 spiro atoms. The maximum absolute atomic E-state index is 12.2. The van der Waals surface area contributed by atoms with Gasteiger partial charge in [-0.15, -0.1) is 0 Å². The zero-order valence-corrected chi connectivity index (χ0v) is 11.6. The molecule has 0 aliphatic heterocycles. The molecule has 0 saturated heterocycles. The van der Waals surface area contributed by atoms with Gasteiger partial charge >= 0.3 is 0 Å². The molecule has 2 aromatic carbocycles. The Labute approximate surface area is 114 Å². The Morgan fingerprint density at radius 3 is 2.47 bits per heavy atom. The molecule has 0 aromatic heterocycles. The van der Waals surface area contributed by atoms with Crippen LogP contribution in [0.5, 0.6) is 0 Å². The molecule has 2 nitrogen and oxygen atoms in total. The van der Waals surface area contributed by atoms with E-state index in [1.54, 1.807) is 12.3 Å². The monoisotopic (exact) mass is 253 g/mol. The smallest absolute Gasteiger partial charge is 0.187 e. The van der Waals surface area contributed by atoms with Gasteiger partial charge in [-0.3, -0.25) is 4.79 Å². The Bertz CT molecular complexity index is 615. The minimum atomic E-state index is -0.0322. The van der Waals surface area contributed by atoms with Crippen molar-refractivity contribution in [1.29, 1.82) is 0 Å². The van der Waals surface area contributed by atoms with Crippen LogP contribution in [-0.4, -0.2) is 11.3 Å². The SMILES string of the molecule is CC(C)(C)N/C=C/C(=O)c1cccc2ccccc12. The van der Waals surface area contributed by atoms with E-state index < -0.39 is 0 Å². The van der Waals surface area contributed by atoms with Crippen LogP contribution in [0.15, 0.2) is 54.7 Å². The molecule has 0 unspecified atom stereocenters. The van der Waals surface area contributed by atoms with Crippen LogP contribution in [0.3, 0.4) is 0 Å². The fourth-order valence-electron chi connectivity index (χ4n) is 1.90. The number of benzene rings is 2. The van der Waals surface area contributed by atoms with Gasteiger partial charge in [-0.05, 0) is 31.5 Å². The maximum Gasteiger partial charge on any atom is 0.187 e. The third-order valence-corrected chi connectivity index (χ3v) is 2.81. The Hall–Kier alpha value is -2.09. The summed E-state index contributed by atoms with van der Waals surface area (Å²) in [6.07, 6.45) is 3.32. The van der Waals surface area contributed by atoms with Gasteiger partial charge < -0.3 is 5.32 Å². The summed E-state index contributed by atoms with van der Waals surface area (Å²) in [4.78, 5) is 12.2. The molecule has 0 bridgehead atoms. The summed E-state index contributed by atoms with van der Waals surface area (Å²) in [5.41, 5.74) is 0.709. The summed E-state index contributed by atoms with van der Waals surface area (Å²) < 4.78 is 0. The fourth-order valence-corrected chi connectivity index (χ4v) is 1.90. The van der Waals surface area contributed by atoms with E-state index >= 15 is 0 Å². The first-order chi connectivity index (χ1) is 8.97. The molecule has 0 aliphatic carbocycles. The molecular weight excluding hydrogens is 234 g/mol. The first-order valence-electron chi connectivity index (χ1n) is 6.44. The van der Waals surface area contributed by atoms with Crippen molar-refractivity contribution in [1.82, 2.24) is 5.32 Å². The fraction of sp³-hybridized carbons (Fsp3) is 0.235. The Kier molecular flexibility index (Phi) is 3.70. The Morgan fingerprint density at radius 1 is 1.05 bits per heavy atom. The van der Waals surface area contributed by atoms with Gasteiger partial charge in [0.1, 0.15) is 0 Å². The molecule has 0 saturated carbocycles. The van der Waals surface area contributed by atoms with Gasteiger partial charge in [-0.25, -0.2) is 0 Å². The van der Waals surface area contributed by atoms with Gasteiger partial charge in [-0.1, -0.05) is 42.5 Å². The van der Waals surface area contributed by atoms with Crippen molar-refractivity contribution in [2.24, 2.45) is 0 Å². The molecule has 2 rings (SSSR count). The van der Waals surface area contributed by atoms with E-state index in [-0.39, 0.29) is 11.3 Å². The highest BCUT2D eigenvalue weighted by atomic mass is 16.1. The topological polar surface area (TPSA) is 29.1 Å². The van der Waals surface area contributed by atoms with Gasteiger partial charge in [-0.2, -0.15) is 0 Å². The lowest BCUT2D eigenvalue weighted by atomic mass is 10.0. The van der Waals surface area contributed by atoms with Crippen LogP contribution in [-0.2, 0) is 0 Å². The number of fused-ring (bicyclic) bond motifs is 1. The average molecular weight is 253 g/mol. The second kappa shape index (κ2) is 5.27. The quantitative estimate of drug-likeness (QED) is 0.663. The summed E-state index contributed by atoms with van der Waals surface area (Å²) in [5, 5.41) is 5.25. The highest BCUT2D eigenvalue weighted by Crippen LogP contribution is 2.19. The van der Waals surface area contributed by atoms with Crippen molar-refractivity contribution in [3.63, 3.8) is 0 Å². The molecule has 1 N–H and O–H groups in total. The van der Waals surface area contributed by atoms with Gasteiger partial charge in [0, 0.05) is 23.4 Å². The molecule has 2 aromatic rings. The lowest BCUT2D eigenvalue weighted by Gasteiger charge is -2.18. The normalized spacial score (nSPS) is 11.9. The molecule has 19 heavy (non-hydrogen) atoms. The summed E-state index contributed by atoms with van der Waals surface area (Å²) >= 11 is 0. The van der Waals surface area contributed by atoms with Gasteiger partial charge in [0.25, 0.3) is 0 Å². The largest absolute Gasteiger partial charge is 0.386 e. The van der Waals surface area contributed by atoms with E-state index in [0.717, 1.165) is 16.3 Å². The number of nitrogens with one attached hydrogen (secondary N) is 1. The zero-order valence-electron chi connectivity index (χ0n) is 11.6. The summed E-state index contributed by atoms with van der Waals surface area (Å²) in [6, 6.07) is 13.7. The maximum atomic E-state index is 12.2. The van der Waals surface area contributed by atoms with E-state index in [0.29, 0.717) is 0 Å². The van der Waals surface area contributed by atoms with Crippen LogP contribution < -0.4 is 5.32 Å². The van der Waals surface area contributed by atoms with Crippen molar-refractivity contribution < 1.29 is 4.79 Å². The molecule has 0 radical (unpaired) electrons. The van der Waals surface area contributed by atoms with Crippen molar-refractivity contribution in [3.05, 3.63) is 60.3 Å². The lowest BCUT2D eigenvalue weighted by molar-refractivity contribution is 0.104. The van der Waals surface area contributed by atoms with Crippen LogP contribution in [0.25, 0.3) is 10.8 Å². The molecular formula is C17H19NO. The van der Waals surface area contributed by atoms with Crippen LogP contribution >= 0.6 is 0 Å². The summed E-state index contributed by atoms with van der Waals surface area (Å²) in [6.45, 7) is 6.17. The number of carbonyl (C=O) groups is 1.